The van der Waals surface area contributed by atoms with E-state index in [0.717, 1.165) is 24.0 Å². The Bertz CT molecular complexity index is 1520. The smallest absolute Gasteiger partial charge is 0.263 e. The fourth-order valence-corrected chi connectivity index (χ4v) is 4.35. The highest BCUT2D eigenvalue weighted by Gasteiger charge is 2.31. The van der Waals surface area contributed by atoms with Crippen LogP contribution >= 0.6 is 0 Å². The normalized spacial score (nSPS) is 13.1. The molecule has 7 nitrogen and oxygen atoms in total. The zero-order chi connectivity index (χ0) is 23.8. The fraction of sp³-hybridized carbons (Fsp3) is 0.200. The molecule has 3 aromatic heterocycles. The first-order valence-electron chi connectivity index (χ1n) is 10.9. The molecule has 0 saturated heterocycles. The van der Waals surface area contributed by atoms with Crippen molar-refractivity contribution in [2.24, 2.45) is 0 Å². The molecule has 1 fully saturated rings. The van der Waals surface area contributed by atoms with Gasteiger partial charge in [0.25, 0.3) is 5.56 Å². The number of hydrogen-bond donors (Lipinski definition) is 2. The van der Waals surface area contributed by atoms with Crippen molar-refractivity contribution in [3.05, 3.63) is 87.5 Å². The van der Waals surface area contributed by atoms with Crippen LogP contribution in [0.25, 0.3) is 16.6 Å². The van der Waals surface area contributed by atoms with Gasteiger partial charge < -0.3 is 11.1 Å². The molecule has 0 spiro atoms. The Balaban J connectivity index is 1.65. The van der Waals surface area contributed by atoms with E-state index in [1.165, 1.54) is 35.0 Å². The SMILES string of the molecule is N#Cc1cnc(N)nc1NCCc1c(-c2cccc(F)c2)c(=O)n2cc(F)ccc2c1C1CC1. The lowest BCUT2D eigenvalue weighted by molar-refractivity contribution is 0.617. The molecule has 34 heavy (non-hydrogen) atoms. The second-order valence-corrected chi connectivity index (χ2v) is 8.24. The second kappa shape index (κ2) is 8.56. The van der Waals surface area contributed by atoms with Gasteiger partial charge in [0.2, 0.25) is 5.95 Å². The lowest BCUT2D eigenvalue weighted by Crippen LogP contribution is -2.22. The molecule has 1 aromatic carbocycles. The van der Waals surface area contributed by atoms with Crippen molar-refractivity contribution in [1.29, 1.82) is 5.26 Å². The molecule has 0 radical (unpaired) electrons. The summed E-state index contributed by atoms with van der Waals surface area (Å²) in [6, 6.07) is 10.8. The van der Waals surface area contributed by atoms with Crippen LogP contribution in [0.1, 0.15) is 35.4 Å². The summed E-state index contributed by atoms with van der Waals surface area (Å²) in [6.07, 6.45) is 4.83. The van der Waals surface area contributed by atoms with Crippen LogP contribution in [0.15, 0.2) is 53.6 Å². The lowest BCUT2D eigenvalue weighted by atomic mass is 9.91. The molecule has 9 heteroatoms. The van der Waals surface area contributed by atoms with Crippen LogP contribution < -0.4 is 16.6 Å². The first kappa shape index (κ1) is 21.5. The fourth-order valence-electron chi connectivity index (χ4n) is 4.35. The molecular formula is C25H20F2N6O. The zero-order valence-corrected chi connectivity index (χ0v) is 18.1. The number of pyridine rings is 2. The topological polar surface area (TPSA) is 109 Å². The molecule has 5 rings (SSSR count). The van der Waals surface area contributed by atoms with Crippen molar-refractivity contribution < 1.29 is 8.78 Å². The number of nitrogens with one attached hydrogen (secondary N) is 1. The molecule has 1 aliphatic rings. The molecule has 0 unspecified atom stereocenters. The number of rotatable bonds is 6. The van der Waals surface area contributed by atoms with Gasteiger partial charge in [-0.1, -0.05) is 12.1 Å². The number of hydrogen-bond acceptors (Lipinski definition) is 6. The van der Waals surface area contributed by atoms with Crippen LogP contribution in [-0.2, 0) is 6.42 Å². The van der Waals surface area contributed by atoms with Gasteiger partial charge in [0.15, 0.2) is 0 Å². The minimum absolute atomic E-state index is 0.0339. The second-order valence-electron chi connectivity index (χ2n) is 8.24. The third-order valence-electron chi connectivity index (χ3n) is 5.94. The van der Waals surface area contributed by atoms with E-state index in [2.05, 4.69) is 15.3 Å². The molecule has 1 saturated carbocycles. The highest BCUT2D eigenvalue weighted by atomic mass is 19.1. The lowest BCUT2D eigenvalue weighted by Gasteiger charge is -2.19. The minimum atomic E-state index is -0.527. The maximum atomic E-state index is 14.1. The first-order chi connectivity index (χ1) is 16.5. The molecule has 4 aromatic rings. The summed E-state index contributed by atoms with van der Waals surface area (Å²) < 4.78 is 29.5. The Labute approximate surface area is 193 Å². The number of benzene rings is 1. The molecule has 0 bridgehead atoms. The van der Waals surface area contributed by atoms with Crippen LogP contribution in [0.3, 0.4) is 0 Å². The number of halogens is 2. The molecule has 3 heterocycles. The van der Waals surface area contributed by atoms with Crippen LogP contribution in [0.5, 0.6) is 0 Å². The van der Waals surface area contributed by atoms with Gasteiger partial charge in [0.05, 0.1) is 17.3 Å². The highest BCUT2D eigenvalue weighted by Crippen LogP contribution is 2.45. The number of anilines is 2. The van der Waals surface area contributed by atoms with Crippen molar-refractivity contribution in [3.63, 3.8) is 0 Å². The Morgan fingerprint density at radius 3 is 2.76 bits per heavy atom. The molecule has 0 atom stereocenters. The highest BCUT2D eigenvalue weighted by molar-refractivity contribution is 5.75. The van der Waals surface area contributed by atoms with Crippen molar-refractivity contribution in [2.75, 3.05) is 17.6 Å². The molecule has 3 N–H and O–H groups in total. The average Bonchev–Trinajstić information content (AvgIpc) is 3.65. The van der Waals surface area contributed by atoms with Gasteiger partial charge >= 0.3 is 0 Å². The predicted octanol–water partition coefficient (Wildman–Crippen LogP) is 4.02. The average molecular weight is 458 g/mol. The summed E-state index contributed by atoms with van der Waals surface area (Å²) in [5.74, 6) is -0.427. The monoisotopic (exact) mass is 458 g/mol. The van der Waals surface area contributed by atoms with Crippen molar-refractivity contribution >= 4 is 17.3 Å². The van der Waals surface area contributed by atoms with Crippen LogP contribution in [-0.4, -0.2) is 20.9 Å². The van der Waals surface area contributed by atoms with Crippen molar-refractivity contribution in [1.82, 2.24) is 14.4 Å². The van der Waals surface area contributed by atoms with E-state index >= 15 is 0 Å². The number of nitrogens with two attached hydrogens (primary N) is 1. The number of nitrogen functional groups attached to an aromatic ring is 1. The number of nitriles is 1. The van der Waals surface area contributed by atoms with Gasteiger partial charge in [-0.05, 0) is 66.1 Å². The van der Waals surface area contributed by atoms with Gasteiger partial charge in [-0.3, -0.25) is 9.20 Å². The predicted molar refractivity (Wildman–Crippen MR) is 124 cm³/mol. The Hall–Kier alpha value is -4.32. The summed E-state index contributed by atoms with van der Waals surface area (Å²) in [6.45, 7) is 0.337. The van der Waals surface area contributed by atoms with Crippen molar-refractivity contribution in [2.45, 2.75) is 25.2 Å². The maximum absolute atomic E-state index is 14.1. The van der Waals surface area contributed by atoms with E-state index in [4.69, 9.17) is 5.73 Å². The summed E-state index contributed by atoms with van der Waals surface area (Å²) in [7, 11) is 0. The summed E-state index contributed by atoms with van der Waals surface area (Å²) in [4.78, 5) is 21.5. The van der Waals surface area contributed by atoms with Crippen LogP contribution in [0, 0.1) is 23.0 Å². The van der Waals surface area contributed by atoms with E-state index < -0.39 is 17.2 Å². The van der Waals surface area contributed by atoms with E-state index in [0.29, 0.717) is 35.4 Å². The number of fused-ring (bicyclic) bond motifs is 1. The summed E-state index contributed by atoms with van der Waals surface area (Å²) >= 11 is 0. The molecular weight excluding hydrogens is 438 g/mol. The minimum Gasteiger partial charge on any atom is -0.368 e. The summed E-state index contributed by atoms with van der Waals surface area (Å²) in [5, 5.41) is 12.4. The van der Waals surface area contributed by atoms with Crippen LogP contribution in [0.4, 0.5) is 20.5 Å². The third-order valence-corrected chi connectivity index (χ3v) is 5.94. The van der Waals surface area contributed by atoms with Crippen molar-refractivity contribution in [3.8, 4) is 17.2 Å². The largest absolute Gasteiger partial charge is 0.368 e. The van der Waals surface area contributed by atoms with E-state index in [1.54, 1.807) is 18.2 Å². The molecule has 0 amide bonds. The van der Waals surface area contributed by atoms with Crippen LogP contribution in [0.2, 0.25) is 0 Å². The van der Waals surface area contributed by atoms with Gasteiger partial charge in [0.1, 0.15) is 29.1 Å². The zero-order valence-electron chi connectivity index (χ0n) is 18.1. The van der Waals surface area contributed by atoms with Gasteiger partial charge in [-0.15, -0.1) is 0 Å². The van der Waals surface area contributed by atoms with Gasteiger partial charge in [-0.25, -0.2) is 13.8 Å². The molecule has 1 aliphatic carbocycles. The quantitative estimate of drug-likeness (QED) is 0.452. The first-order valence-corrected chi connectivity index (χ1v) is 10.9. The van der Waals surface area contributed by atoms with Gasteiger partial charge in [0, 0.05) is 12.7 Å². The van der Waals surface area contributed by atoms with E-state index in [9.17, 15) is 18.8 Å². The maximum Gasteiger partial charge on any atom is 0.263 e. The van der Waals surface area contributed by atoms with E-state index in [1.807, 2.05) is 6.07 Å². The van der Waals surface area contributed by atoms with E-state index in [-0.39, 0.29) is 17.4 Å². The third kappa shape index (κ3) is 3.94. The molecule has 170 valence electrons. The Morgan fingerprint density at radius 1 is 1.21 bits per heavy atom. The number of aromatic nitrogens is 3. The van der Waals surface area contributed by atoms with Gasteiger partial charge in [-0.2, -0.15) is 10.2 Å². The standard InChI is InChI=1S/C25H20F2N6O/c26-17-3-1-2-15(10-17)22-19(8-9-30-23-16(11-28)12-31-25(29)32-23)21(14-4-5-14)20-7-6-18(27)13-33(20)24(22)34/h1-3,6-7,10,12-14H,4-5,8-9H2,(H3,29,30,31,32). The Morgan fingerprint density at radius 2 is 2.03 bits per heavy atom. The molecule has 0 aliphatic heterocycles. The Kier molecular flexibility index (Phi) is 5.42. The summed E-state index contributed by atoms with van der Waals surface area (Å²) in [5.41, 5.74) is 8.66. The number of nitrogens with zero attached hydrogens (tertiary/aromatic N) is 4.